The molecule has 3 rings (SSSR count). The Bertz CT molecular complexity index is 1280. The molecule has 0 aromatic heterocycles. The summed E-state index contributed by atoms with van der Waals surface area (Å²) in [6.07, 6.45) is 1.61. The summed E-state index contributed by atoms with van der Waals surface area (Å²) in [5, 5.41) is 10.9. The number of hydrogen-bond acceptors (Lipinski definition) is 9. The highest BCUT2D eigenvalue weighted by Gasteiger charge is 2.34. The zero-order valence-corrected chi connectivity index (χ0v) is 21.7. The molecule has 0 fully saturated rings. The van der Waals surface area contributed by atoms with E-state index in [1.807, 2.05) is 6.92 Å². The second-order valence-corrected chi connectivity index (χ2v) is 8.68. The second kappa shape index (κ2) is 12.8. The highest BCUT2D eigenvalue weighted by Crippen LogP contribution is 2.40. The van der Waals surface area contributed by atoms with Gasteiger partial charge in [-0.3, -0.25) is 4.79 Å². The SMILES string of the molecule is CCOC(=O)COc1ccc(/C=C2\SC(=NC(=O)c3ccc(C)cc3)C(C(=O)OCC)=C2O)cc1OC. The summed E-state index contributed by atoms with van der Waals surface area (Å²) in [6.45, 7) is 5.30. The molecular weight excluding hydrogens is 498 g/mol. The number of esters is 2. The maximum atomic E-state index is 12.7. The van der Waals surface area contributed by atoms with Crippen LogP contribution in [0, 0.1) is 6.92 Å². The first kappa shape index (κ1) is 27.5. The van der Waals surface area contributed by atoms with Gasteiger partial charge in [0.25, 0.3) is 5.91 Å². The van der Waals surface area contributed by atoms with E-state index in [2.05, 4.69) is 4.99 Å². The van der Waals surface area contributed by atoms with Crippen LogP contribution in [0.5, 0.6) is 11.5 Å². The summed E-state index contributed by atoms with van der Waals surface area (Å²) in [4.78, 5) is 41.3. The van der Waals surface area contributed by atoms with E-state index >= 15 is 0 Å². The number of aryl methyl sites for hydroxylation is 1. The number of amides is 1. The monoisotopic (exact) mass is 525 g/mol. The predicted molar refractivity (Wildman–Crippen MR) is 140 cm³/mol. The molecule has 0 atom stereocenters. The lowest BCUT2D eigenvalue weighted by atomic mass is 10.1. The van der Waals surface area contributed by atoms with Crippen molar-refractivity contribution in [3.8, 4) is 11.5 Å². The third-order valence-electron chi connectivity index (χ3n) is 5.01. The number of benzene rings is 2. The number of carbonyl (C=O) groups is 3. The Morgan fingerprint density at radius 2 is 1.70 bits per heavy atom. The van der Waals surface area contributed by atoms with Crippen molar-refractivity contribution in [1.29, 1.82) is 0 Å². The van der Waals surface area contributed by atoms with Crippen molar-refractivity contribution in [2.24, 2.45) is 4.99 Å². The van der Waals surface area contributed by atoms with E-state index in [9.17, 15) is 19.5 Å². The Morgan fingerprint density at radius 3 is 2.35 bits per heavy atom. The number of hydrogen-bond donors (Lipinski definition) is 1. The highest BCUT2D eigenvalue weighted by atomic mass is 32.2. The van der Waals surface area contributed by atoms with Gasteiger partial charge in [0.15, 0.2) is 18.1 Å². The Labute approximate surface area is 218 Å². The van der Waals surface area contributed by atoms with E-state index in [4.69, 9.17) is 18.9 Å². The van der Waals surface area contributed by atoms with Crippen molar-refractivity contribution >= 4 is 40.7 Å². The van der Waals surface area contributed by atoms with Crippen LogP contribution in [0.4, 0.5) is 0 Å². The molecular formula is C27H27NO8S. The standard InChI is InChI=1S/C27H27NO8S/c1-5-34-22(29)15-36-19-12-9-17(13-20(19)33-4)14-21-24(30)23(27(32)35-6-2)26(37-21)28-25(31)18-10-7-16(3)8-11-18/h7-14,30H,5-6,15H2,1-4H3/b21-14-,28-26?. The van der Waals surface area contributed by atoms with E-state index in [0.29, 0.717) is 27.5 Å². The number of carbonyl (C=O) groups excluding carboxylic acids is 3. The first-order chi connectivity index (χ1) is 17.8. The second-order valence-electron chi connectivity index (χ2n) is 7.65. The molecule has 0 spiro atoms. The molecule has 194 valence electrons. The number of aliphatic imine (C=N–C) groups is 1. The first-order valence-corrected chi connectivity index (χ1v) is 12.3. The number of aliphatic hydroxyl groups is 1. The lowest BCUT2D eigenvalue weighted by Gasteiger charge is -2.11. The number of nitrogens with zero attached hydrogens (tertiary/aromatic N) is 1. The lowest BCUT2D eigenvalue weighted by molar-refractivity contribution is -0.145. The lowest BCUT2D eigenvalue weighted by Crippen LogP contribution is -2.14. The Balaban J connectivity index is 1.92. The van der Waals surface area contributed by atoms with Crippen LogP contribution in [0.1, 0.15) is 35.3 Å². The van der Waals surface area contributed by atoms with Gasteiger partial charge in [-0.15, -0.1) is 0 Å². The number of methoxy groups -OCH3 is 1. The fraction of sp³-hybridized carbons (Fsp3) is 0.259. The van der Waals surface area contributed by atoms with Gasteiger partial charge in [-0.2, -0.15) is 0 Å². The van der Waals surface area contributed by atoms with Crippen LogP contribution in [0.25, 0.3) is 6.08 Å². The van der Waals surface area contributed by atoms with Crippen LogP contribution >= 0.6 is 11.8 Å². The number of aliphatic hydroxyl groups excluding tert-OH is 1. The molecule has 2 aromatic carbocycles. The summed E-state index contributed by atoms with van der Waals surface area (Å²) >= 11 is 0.971. The molecule has 0 unspecified atom stereocenters. The molecule has 10 heteroatoms. The molecule has 1 amide bonds. The molecule has 0 saturated heterocycles. The van der Waals surface area contributed by atoms with Crippen LogP contribution in [0.3, 0.4) is 0 Å². The van der Waals surface area contributed by atoms with Crippen molar-refractivity contribution in [2.45, 2.75) is 20.8 Å². The number of rotatable bonds is 9. The van der Waals surface area contributed by atoms with Gasteiger partial charge in [-0.25, -0.2) is 14.6 Å². The van der Waals surface area contributed by atoms with Crippen molar-refractivity contribution in [2.75, 3.05) is 26.9 Å². The van der Waals surface area contributed by atoms with Gasteiger partial charge in [0.2, 0.25) is 0 Å². The topological polar surface area (TPSA) is 121 Å². The highest BCUT2D eigenvalue weighted by molar-refractivity contribution is 8.18. The Hall–Kier alpha value is -4.05. The minimum Gasteiger partial charge on any atom is -0.506 e. The van der Waals surface area contributed by atoms with Crippen LogP contribution < -0.4 is 9.47 Å². The average molecular weight is 526 g/mol. The molecule has 0 bridgehead atoms. The van der Waals surface area contributed by atoms with Gasteiger partial charge >= 0.3 is 11.9 Å². The summed E-state index contributed by atoms with van der Waals surface area (Å²) < 4.78 is 20.8. The molecule has 0 radical (unpaired) electrons. The molecule has 1 aliphatic heterocycles. The fourth-order valence-corrected chi connectivity index (χ4v) is 4.24. The normalized spacial score (nSPS) is 15.1. The van der Waals surface area contributed by atoms with Crippen LogP contribution in [0.2, 0.25) is 0 Å². The van der Waals surface area contributed by atoms with Crippen molar-refractivity contribution in [1.82, 2.24) is 0 Å². The van der Waals surface area contributed by atoms with E-state index in [-0.39, 0.29) is 36.2 Å². The summed E-state index contributed by atoms with van der Waals surface area (Å²) in [5.41, 5.74) is 1.76. The van der Waals surface area contributed by atoms with Crippen LogP contribution in [-0.4, -0.2) is 54.9 Å². The van der Waals surface area contributed by atoms with Gasteiger partial charge in [0, 0.05) is 5.56 Å². The first-order valence-electron chi connectivity index (χ1n) is 11.4. The Kier molecular flexibility index (Phi) is 9.51. The van der Waals surface area contributed by atoms with Crippen LogP contribution in [-0.2, 0) is 19.1 Å². The summed E-state index contributed by atoms with van der Waals surface area (Å²) in [6, 6.07) is 11.8. The van der Waals surface area contributed by atoms with Gasteiger partial charge in [0.05, 0.1) is 25.2 Å². The van der Waals surface area contributed by atoms with Gasteiger partial charge in [-0.05, 0) is 56.7 Å². The summed E-state index contributed by atoms with van der Waals surface area (Å²) in [7, 11) is 1.45. The van der Waals surface area contributed by atoms with E-state index < -0.39 is 17.8 Å². The van der Waals surface area contributed by atoms with E-state index in [1.54, 1.807) is 62.4 Å². The average Bonchev–Trinajstić information content (AvgIpc) is 3.17. The molecule has 9 nitrogen and oxygen atoms in total. The third kappa shape index (κ3) is 7.01. The molecule has 1 N–H and O–H groups in total. The number of ether oxygens (including phenoxy) is 4. The smallest absolute Gasteiger partial charge is 0.344 e. The molecule has 0 aliphatic carbocycles. The van der Waals surface area contributed by atoms with Gasteiger partial charge in [-0.1, -0.05) is 35.5 Å². The third-order valence-corrected chi connectivity index (χ3v) is 6.03. The maximum Gasteiger partial charge on any atom is 0.344 e. The van der Waals surface area contributed by atoms with Gasteiger partial charge in [0.1, 0.15) is 16.4 Å². The maximum absolute atomic E-state index is 12.7. The molecule has 1 aliphatic rings. The molecule has 37 heavy (non-hydrogen) atoms. The number of thioether (sulfide) groups is 1. The zero-order chi connectivity index (χ0) is 26.9. The minimum atomic E-state index is -0.786. The predicted octanol–water partition coefficient (Wildman–Crippen LogP) is 4.65. The molecule has 2 aromatic rings. The van der Waals surface area contributed by atoms with Crippen molar-refractivity contribution in [3.05, 3.63) is 75.4 Å². The van der Waals surface area contributed by atoms with E-state index in [0.717, 1.165) is 17.3 Å². The molecule has 1 heterocycles. The van der Waals surface area contributed by atoms with Crippen LogP contribution in [0.15, 0.2) is 63.7 Å². The largest absolute Gasteiger partial charge is 0.506 e. The van der Waals surface area contributed by atoms with Gasteiger partial charge < -0.3 is 24.1 Å². The summed E-state index contributed by atoms with van der Waals surface area (Å²) in [5.74, 6) is -1.52. The minimum absolute atomic E-state index is 0.0362. The molecule has 0 saturated carbocycles. The van der Waals surface area contributed by atoms with Crippen molar-refractivity contribution in [3.63, 3.8) is 0 Å². The van der Waals surface area contributed by atoms with E-state index in [1.165, 1.54) is 7.11 Å². The Morgan fingerprint density at radius 1 is 1.00 bits per heavy atom. The quantitative estimate of drug-likeness (QED) is 0.467. The van der Waals surface area contributed by atoms with Crippen molar-refractivity contribution < 1.29 is 38.4 Å². The zero-order valence-electron chi connectivity index (χ0n) is 20.9. The fourth-order valence-electron chi connectivity index (χ4n) is 3.23.